The molecule has 0 saturated heterocycles. The maximum Gasteiger partial charge on any atom is 0.0762 e. The molecule has 0 aliphatic carbocycles. The van der Waals surface area contributed by atoms with Crippen molar-refractivity contribution in [3.05, 3.63) is 53.9 Å². The molecule has 2 unspecified atom stereocenters. The van der Waals surface area contributed by atoms with Crippen LogP contribution in [0.15, 0.2) is 42.6 Å². The SMILES string of the molecule is CCC(C)n1ccc(CNC(C)(CO)c2ccccc2)n1. The Kier molecular flexibility index (Phi) is 5.15. The number of benzene rings is 1. The second-order valence-corrected chi connectivity index (χ2v) is 5.75. The van der Waals surface area contributed by atoms with E-state index >= 15 is 0 Å². The molecule has 2 rings (SSSR count). The highest BCUT2D eigenvalue weighted by molar-refractivity contribution is 5.23. The quantitative estimate of drug-likeness (QED) is 0.823. The molecule has 114 valence electrons. The Bertz CT molecular complexity index is 552. The number of nitrogens with zero attached hydrogens (tertiary/aromatic N) is 2. The van der Waals surface area contributed by atoms with Gasteiger partial charge in [0, 0.05) is 18.8 Å². The van der Waals surface area contributed by atoms with E-state index in [9.17, 15) is 5.11 Å². The molecule has 0 fully saturated rings. The zero-order valence-electron chi connectivity index (χ0n) is 13.1. The fourth-order valence-electron chi connectivity index (χ4n) is 2.25. The molecular formula is C17H25N3O. The van der Waals surface area contributed by atoms with Gasteiger partial charge in [-0.2, -0.15) is 5.10 Å². The first-order chi connectivity index (χ1) is 10.1. The van der Waals surface area contributed by atoms with Gasteiger partial charge in [0.1, 0.15) is 0 Å². The number of nitrogens with one attached hydrogen (secondary N) is 1. The first kappa shape index (κ1) is 15.7. The second kappa shape index (κ2) is 6.87. The van der Waals surface area contributed by atoms with Crippen molar-refractivity contribution in [2.45, 2.75) is 45.3 Å². The fraction of sp³-hybridized carbons (Fsp3) is 0.471. The molecule has 0 saturated carbocycles. The molecule has 1 aromatic heterocycles. The molecule has 2 aromatic rings. The van der Waals surface area contributed by atoms with Crippen LogP contribution in [0.25, 0.3) is 0 Å². The van der Waals surface area contributed by atoms with E-state index < -0.39 is 5.54 Å². The Balaban J connectivity index is 2.05. The highest BCUT2D eigenvalue weighted by Gasteiger charge is 2.25. The topological polar surface area (TPSA) is 50.1 Å². The van der Waals surface area contributed by atoms with Crippen molar-refractivity contribution in [1.29, 1.82) is 0 Å². The van der Waals surface area contributed by atoms with Crippen molar-refractivity contribution in [3.8, 4) is 0 Å². The number of rotatable bonds is 7. The third-order valence-electron chi connectivity index (χ3n) is 4.09. The van der Waals surface area contributed by atoms with Gasteiger partial charge in [-0.15, -0.1) is 0 Å². The summed E-state index contributed by atoms with van der Waals surface area (Å²) in [6.45, 7) is 7.00. The number of aliphatic hydroxyl groups excluding tert-OH is 1. The lowest BCUT2D eigenvalue weighted by Gasteiger charge is -2.29. The van der Waals surface area contributed by atoms with Crippen LogP contribution in [0.4, 0.5) is 0 Å². The lowest BCUT2D eigenvalue weighted by Crippen LogP contribution is -2.42. The molecule has 1 heterocycles. The summed E-state index contributed by atoms with van der Waals surface area (Å²) in [4.78, 5) is 0. The Morgan fingerprint density at radius 1 is 1.29 bits per heavy atom. The van der Waals surface area contributed by atoms with Gasteiger partial charge in [-0.25, -0.2) is 0 Å². The minimum absolute atomic E-state index is 0.0447. The van der Waals surface area contributed by atoms with Crippen LogP contribution in [-0.4, -0.2) is 21.5 Å². The number of aliphatic hydroxyl groups is 1. The van der Waals surface area contributed by atoms with Gasteiger partial charge in [-0.1, -0.05) is 37.3 Å². The third kappa shape index (κ3) is 3.71. The van der Waals surface area contributed by atoms with Gasteiger partial charge in [0.25, 0.3) is 0 Å². The average Bonchev–Trinajstić information content (AvgIpc) is 3.01. The zero-order chi connectivity index (χ0) is 15.3. The van der Waals surface area contributed by atoms with E-state index in [0.717, 1.165) is 17.7 Å². The molecule has 0 bridgehead atoms. The Morgan fingerprint density at radius 2 is 2.00 bits per heavy atom. The van der Waals surface area contributed by atoms with E-state index in [4.69, 9.17) is 0 Å². The number of aromatic nitrogens is 2. The van der Waals surface area contributed by atoms with E-state index in [2.05, 4.69) is 24.3 Å². The van der Waals surface area contributed by atoms with Crippen LogP contribution in [0, 0.1) is 0 Å². The first-order valence-corrected chi connectivity index (χ1v) is 7.54. The lowest BCUT2D eigenvalue weighted by molar-refractivity contribution is 0.173. The molecule has 4 heteroatoms. The van der Waals surface area contributed by atoms with Gasteiger partial charge in [0.15, 0.2) is 0 Å². The molecule has 0 spiro atoms. The molecule has 2 atom stereocenters. The molecule has 0 radical (unpaired) electrons. The van der Waals surface area contributed by atoms with Crippen molar-refractivity contribution in [2.24, 2.45) is 0 Å². The summed E-state index contributed by atoms with van der Waals surface area (Å²) >= 11 is 0. The summed E-state index contributed by atoms with van der Waals surface area (Å²) in [5.74, 6) is 0. The van der Waals surface area contributed by atoms with Crippen molar-refractivity contribution >= 4 is 0 Å². The van der Waals surface area contributed by atoms with E-state index in [-0.39, 0.29) is 6.61 Å². The smallest absolute Gasteiger partial charge is 0.0762 e. The van der Waals surface area contributed by atoms with Crippen LogP contribution in [0.2, 0.25) is 0 Å². The normalized spacial score (nSPS) is 15.6. The van der Waals surface area contributed by atoms with Crippen molar-refractivity contribution in [2.75, 3.05) is 6.61 Å². The van der Waals surface area contributed by atoms with Crippen LogP contribution >= 0.6 is 0 Å². The molecule has 4 nitrogen and oxygen atoms in total. The maximum atomic E-state index is 9.76. The van der Waals surface area contributed by atoms with Crippen LogP contribution < -0.4 is 5.32 Å². The van der Waals surface area contributed by atoms with Crippen molar-refractivity contribution < 1.29 is 5.11 Å². The Hall–Kier alpha value is -1.65. The van der Waals surface area contributed by atoms with Gasteiger partial charge in [-0.05, 0) is 31.9 Å². The summed E-state index contributed by atoms with van der Waals surface area (Å²) < 4.78 is 2.00. The molecule has 0 aliphatic heterocycles. The summed E-state index contributed by atoms with van der Waals surface area (Å²) in [6, 6.07) is 12.5. The van der Waals surface area contributed by atoms with Crippen LogP contribution in [0.5, 0.6) is 0 Å². The maximum absolute atomic E-state index is 9.76. The zero-order valence-corrected chi connectivity index (χ0v) is 13.1. The molecule has 1 aromatic carbocycles. The molecular weight excluding hydrogens is 262 g/mol. The van der Waals surface area contributed by atoms with E-state index in [1.54, 1.807) is 0 Å². The number of hydrogen-bond acceptors (Lipinski definition) is 3. The van der Waals surface area contributed by atoms with Gasteiger partial charge in [-0.3, -0.25) is 10.00 Å². The Labute approximate surface area is 126 Å². The summed E-state index contributed by atoms with van der Waals surface area (Å²) in [5.41, 5.74) is 1.61. The largest absolute Gasteiger partial charge is 0.394 e. The Morgan fingerprint density at radius 3 is 2.62 bits per heavy atom. The van der Waals surface area contributed by atoms with E-state index in [1.165, 1.54) is 0 Å². The second-order valence-electron chi connectivity index (χ2n) is 5.75. The lowest BCUT2D eigenvalue weighted by atomic mass is 9.93. The van der Waals surface area contributed by atoms with Gasteiger partial charge >= 0.3 is 0 Å². The standard InChI is InChI=1S/C17H25N3O/c1-4-14(2)20-11-10-16(19-20)12-18-17(3,13-21)15-8-6-5-7-9-15/h5-11,14,18,21H,4,12-13H2,1-3H3. The summed E-state index contributed by atoms with van der Waals surface area (Å²) in [6.07, 6.45) is 3.08. The first-order valence-electron chi connectivity index (χ1n) is 7.54. The van der Waals surface area contributed by atoms with Crippen LogP contribution in [-0.2, 0) is 12.1 Å². The minimum atomic E-state index is -0.457. The number of hydrogen-bond donors (Lipinski definition) is 2. The summed E-state index contributed by atoms with van der Waals surface area (Å²) in [7, 11) is 0. The van der Waals surface area contributed by atoms with Crippen molar-refractivity contribution in [1.82, 2.24) is 15.1 Å². The highest BCUT2D eigenvalue weighted by Crippen LogP contribution is 2.20. The molecule has 0 aliphatic rings. The van der Waals surface area contributed by atoms with E-state index in [1.807, 2.05) is 54.2 Å². The molecule has 0 amide bonds. The highest BCUT2D eigenvalue weighted by atomic mass is 16.3. The molecule has 2 N–H and O–H groups in total. The van der Waals surface area contributed by atoms with Crippen LogP contribution in [0.1, 0.15) is 44.5 Å². The predicted octanol–water partition coefficient (Wildman–Crippen LogP) is 2.85. The summed E-state index contributed by atoms with van der Waals surface area (Å²) in [5, 5.41) is 17.8. The van der Waals surface area contributed by atoms with Gasteiger partial charge in [0.05, 0.1) is 17.8 Å². The third-order valence-corrected chi connectivity index (χ3v) is 4.09. The van der Waals surface area contributed by atoms with Crippen LogP contribution in [0.3, 0.4) is 0 Å². The fourth-order valence-corrected chi connectivity index (χ4v) is 2.25. The predicted molar refractivity (Wildman–Crippen MR) is 84.9 cm³/mol. The van der Waals surface area contributed by atoms with Gasteiger partial charge < -0.3 is 5.11 Å². The van der Waals surface area contributed by atoms with Gasteiger partial charge in [0.2, 0.25) is 0 Å². The molecule has 21 heavy (non-hydrogen) atoms. The van der Waals surface area contributed by atoms with Crippen molar-refractivity contribution in [3.63, 3.8) is 0 Å². The monoisotopic (exact) mass is 287 g/mol. The van der Waals surface area contributed by atoms with E-state index in [0.29, 0.717) is 12.6 Å². The average molecular weight is 287 g/mol. The minimum Gasteiger partial charge on any atom is -0.394 e.